The fourth-order valence-electron chi connectivity index (χ4n) is 2.98. The van der Waals surface area contributed by atoms with Gasteiger partial charge in [0, 0.05) is 18.4 Å². The largest absolute Gasteiger partial charge is 0.445 e. The maximum Gasteiger partial charge on any atom is 0.410 e. The third-order valence-corrected chi connectivity index (χ3v) is 4.26. The standard InChI is InChI=1S/C19H22N2O2/c1-15-10-11-17(13-20-15)18-9-5-6-12-21(18)19(22)23-14-16-7-3-2-4-8-16/h2-4,7-8,10-11,13,18H,5-6,9,12,14H2,1H3/t18-/m1/s1. The second kappa shape index (κ2) is 7.27. The summed E-state index contributed by atoms with van der Waals surface area (Å²) in [6.07, 6.45) is 4.75. The highest BCUT2D eigenvalue weighted by Gasteiger charge is 2.29. The van der Waals surface area contributed by atoms with Gasteiger partial charge in [-0.05, 0) is 43.4 Å². The van der Waals surface area contributed by atoms with Crippen LogP contribution in [0.5, 0.6) is 0 Å². The molecule has 1 amide bonds. The minimum atomic E-state index is -0.237. The van der Waals surface area contributed by atoms with E-state index in [1.165, 1.54) is 0 Å². The first-order valence-electron chi connectivity index (χ1n) is 8.14. The first-order chi connectivity index (χ1) is 11.2. The lowest BCUT2D eigenvalue weighted by molar-refractivity contribution is 0.0678. The fourth-order valence-corrected chi connectivity index (χ4v) is 2.98. The molecule has 0 bridgehead atoms. The van der Waals surface area contributed by atoms with Crippen molar-refractivity contribution in [3.63, 3.8) is 0 Å². The molecule has 1 aliphatic heterocycles. The Balaban J connectivity index is 1.68. The van der Waals surface area contributed by atoms with E-state index in [4.69, 9.17) is 4.74 Å². The summed E-state index contributed by atoms with van der Waals surface area (Å²) in [5, 5.41) is 0. The third-order valence-electron chi connectivity index (χ3n) is 4.26. The highest BCUT2D eigenvalue weighted by molar-refractivity contribution is 5.68. The van der Waals surface area contributed by atoms with Crippen molar-refractivity contribution in [2.45, 2.75) is 38.8 Å². The van der Waals surface area contributed by atoms with E-state index < -0.39 is 0 Å². The lowest BCUT2D eigenvalue weighted by Crippen LogP contribution is -2.38. The fraction of sp³-hybridized carbons (Fsp3) is 0.368. The van der Waals surface area contributed by atoms with Gasteiger partial charge in [0.15, 0.2) is 0 Å². The number of rotatable bonds is 3. The summed E-state index contributed by atoms with van der Waals surface area (Å²) in [6, 6.07) is 13.9. The number of pyridine rings is 1. The molecule has 120 valence electrons. The van der Waals surface area contributed by atoms with Gasteiger partial charge in [-0.25, -0.2) is 4.79 Å². The van der Waals surface area contributed by atoms with Crippen LogP contribution in [-0.2, 0) is 11.3 Å². The van der Waals surface area contributed by atoms with Crippen LogP contribution in [0, 0.1) is 6.92 Å². The molecule has 0 saturated carbocycles. The number of ether oxygens (including phenoxy) is 1. The summed E-state index contributed by atoms with van der Waals surface area (Å²) >= 11 is 0. The van der Waals surface area contributed by atoms with Crippen LogP contribution < -0.4 is 0 Å². The lowest BCUT2D eigenvalue weighted by Gasteiger charge is -2.35. The normalized spacial score (nSPS) is 17.8. The molecule has 1 aliphatic rings. The van der Waals surface area contributed by atoms with E-state index in [-0.39, 0.29) is 12.1 Å². The van der Waals surface area contributed by atoms with Crippen molar-refractivity contribution >= 4 is 6.09 Å². The molecule has 0 unspecified atom stereocenters. The second-order valence-corrected chi connectivity index (χ2v) is 5.98. The Morgan fingerprint density at radius 2 is 2.04 bits per heavy atom. The molecule has 23 heavy (non-hydrogen) atoms. The molecule has 2 heterocycles. The van der Waals surface area contributed by atoms with Gasteiger partial charge in [0.25, 0.3) is 0 Å². The van der Waals surface area contributed by atoms with Crippen molar-refractivity contribution in [2.24, 2.45) is 0 Å². The predicted molar refractivity (Wildman–Crippen MR) is 88.9 cm³/mol. The molecule has 1 aromatic carbocycles. The molecule has 1 saturated heterocycles. The second-order valence-electron chi connectivity index (χ2n) is 5.98. The summed E-state index contributed by atoms with van der Waals surface area (Å²) in [4.78, 5) is 18.7. The molecule has 1 fully saturated rings. The lowest BCUT2D eigenvalue weighted by atomic mass is 9.97. The number of aryl methyl sites for hydroxylation is 1. The van der Waals surface area contributed by atoms with Gasteiger partial charge in [0.1, 0.15) is 6.61 Å². The van der Waals surface area contributed by atoms with Crippen LogP contribution in [0.25, 0.3) is 0 Å². The van der Waals surface area contributed by atoms with Crippen LogP contribution in [0.15, 0.2) is 48.7 Å². The van der Waals surface area contributed by atoms with E-state index in [2.05, 4.69) is 11.1 Å². The summed E-state index contributed by atoms with van der Waals surface area (Å²) in [5.41, 5.74) is 3.08. The maximum absolute atomic E-state index is 12.5. The van der Waals surface area contributed by atoms with Gasteiger partial charge < -0.3 is 9.64 Å². The number of likely N-dealkylation sites (tertiary alicyclic amines) is 1. The average Bonchev–Trinajstić information content (AvgIpc) is 2.61. The number of hydrogen-bond donors (Lipinski definition) is 0. The van der Waals surface area contributed by atoms with Gasteiger partial charge >= 0.3 is 6.09 Å². The van der Waals surface area contributed by atoms with E-state index in [0.717, 1.165) is 42.6 Å². The summed E-state index contributed by atoms with van der Waals surface area (Å²) in [5.74, 6) is 0. The molecule has 0 aliphatic carbocycles. The Labute approximate surface area is 137 Å². The Morgan fingerprint density at radius 1 is 1.22 bits per heavy atom. The predicted octanol–water partition coefficient (Wildman–Crippen LogP) is 4.25. The highest BCUT2D eigenvalue weighted by atomic mass is 16.6. The smallest absolute Gasteiger partial charge is 0.410 e. The van der Waals surface area contributed by atoms with Gasteiger partial charge in [0.05, 0.1) is 6.04 Å². The highest BCUT2D eigenvalue weighted by Crippen LogP contribution is 2.31. The summed E-state index contributed by atoms with van der Waals surface area (Å²) in [6.45, 7) is 3.03. The van der Waals surface area contributed by atoms with Gasteiger partial charge in [0.2, 0.25) is 0 Å². The monoisotopic (exact) mass is 310 g/mol. The minimum absolute atomic E-state index is 0.0696. The zero-order valence-electron chi connectivity index (χ0n) is 13.4. The Hall–Kier alpha value is -2.36. The van der Waals surface area contributed by atoms with Gasteiger partial charge in [-0.3, -0.25) is 4.98 Å². The quantitative estimate of drug-likeness (QED) is 0.851. The zero-order chi connectivity index (χ0) is 16.1. The van der Waals surface area contributed by atoms with Crippen molar-refractivity contribution in [3.05, 3.63) is 65.5 Å². The van der Waals surface area contributed by atoms with Crippen LogP contribution in [0.1, 0.15) is 42.1 Å². The molecule has 1 aromatic heterocycles. The number of carbonyl (C=O) groups excluding carboxylic acids is 1. The van der Waals surface area contributed by atoms with Crippen molar-refractivity contribution in [1.82, 2.24) is 9.88 Å². The van der Waals surface area contributed by atoms with Gasteiger partial charge in [-0.2, -0.15) is 0 Å². The van der Waals surface area contributed by atoms with Crippen LogP contribution in [-0.4, -0.2) is 22.5 Å². The molecule has 0 spiro atoms. The van der Waals surface area contributed by atoms with E-state index in [9.17, 15) is 4.79 Å². The topological polar surface area (TPSA) is 42.4 Å². The molecule has 4 heteroatoms. The van der Waals surface area contributed by atoms with E-state index in [1.807, 2.05) is 54.4 Å². The minimum Gasteiger partial charge on any atom is -0.445 e. The van der Waals surface area contributed by atoms with Crippen molar-refractivity contribution in [2.75, 3.05) is 6.54 Å². The number of nitrogens with zero attached hydrogens (tertiary/aromatic N) is 2. The van der Waals surface area contributed by atoms with Crippen molar-refractivity contribution < 1.29 is 9.53 Å². The number of hydrogen-bond acceptors (Lipinski definition) is 3. The number of piperidine rings is 1. The molecule has 4 nitrogen and oxygen atoms in total. The number of carbonyl (C=O) groups is 1. The molecule has 3 rings (SSSR count). The Kier molecular flexibility index (Phi) is 4.91. The molecule has 1 atom stereocenters. The van der Waals surface area contributed by atoms with E-state index in [1.54, 1.807) is 0 Å². The maximum atomic E-state index is 12.5. The first-order valence-corrected chi connectivity index (χ1v) is 8.14. The number of aromatic nitrogens is 1. The molecule has 0 radical (unpaired) electrons. The van der Waals surface area contributed by atoms with Crippen LogP contribution >= 0.6 is 0 Å². The van der Waals surface area contributed by atoms with Crippen molar-refractivity contribution in [3.8, 4) is 0 Å². The Morgan fingerprint density at radius 3 is 2.78 bits per heavy atom. The van der Waals surface area contributed by atoms with E-state index >= 15 is 0 Å². The molecule has 0 N–H and O–H groups in total. The SMILES string of the molecule is Cc1ccc([C@H]2CCCCN2C(=O)OCc2ccccc2)cn1. The first kappa shape index (κ1) is 15.5. The number of benzene rings is 1. The zero-order valence-corrected chi connectivity index (χ0v) is 13.4. The third kappa shape index (κ3) is 3.89. The number of amides is 1. The summed E-state index contributed by atoms with van der Waals surface area (Å²) in [7, 11) is 0. The van der Waals surface area contributed by atoms with Gasteiger partial charge in [-0.1, -0.05) is 36.4 Å². The molecule has 2 aromatic rings. The van der Waals surface area contributed by atoms with Crippen LogP contribution in [0.3, 0.4) is 0 Å². The van der Waals surface area contributed by atoms with E-state index in [0.29, 0.717) is 6.61 Å². The average molecular weight is 310 g/mol. The van der Waals surface area contributed by atoms with Crippen LogP contribution in [0.4, 0.5) is 4.79 Å². The van der Waals surface area contributed by atoms with Gasteiger partial charge in [-0.15, -0.1) is 0 Å². The van der Waals surface area contributed by atoms with Crippen molar-refractivity contribution in [1.29, 1.82) is 0 Å². The Bertz CT molecular complexity index is 640. The molecular weight excluding hydrogens is 288 g/mol. The van der Waals surface area contributed by atoms with Crippen LogP contribution in [0.2, 0.25) is 0 Å². The summed E-state index contributed by atoms with van der Waals surface area (Å²) < 4.78 is 5.51. The molecular formula is C19H22N2O2.